The third-order valence-electron chi connectivity index (χ3n) is 6.18. The van der Waals surface area contributed by atoms with Crippen molar-refractivity contribution in [1.82, 2.24) is 19.7 Å². The molecule has 0 radical (unpaired) electrons. The molecule has 1 aliphatic heterocycles. The van der Waals surface area contributed by atoms with Crippen molar-refractivity contribution >= 4 is 34.1 Å². The van der Waals surface area contributed by atoms with Gasteiger partial charge in [0.25, 0.3) is 11.5 Å². The lowest BCUT2D eigenvalue weighted by Gasteiger charge is -2.21. The molecule has 0 saturated carbocycles. The number of pyridine rings is 1. The van der Waals surface area contributed by atoms with E-state index in [4.69, 9.17) is 17.3 Å². The summed E-state index contributed by atoms with van der Waals surface area (Å²) in [5, 5.41) is 8.95. The molecule has 0 spiro atoms. The van der Waals surface area contributed by atoms with E-state index in [0.717, 1.165) is 36.9 Å². The monoisotopic (exact) mass is 461 g/mol. The van der Waals surface area contributed by atoms with E-state index < -0.39 is 6.04 Å². The molecular weight excluding hydrogens is 438 g/mol. The summed E-state index contributed by atoms with van der Waals surface area (Å²) in [5.74, 6) is -0.0521. The minimum Gasteiger partial charge on any atom is -0.382 e. The van der Waals surface area contributed by atoms with Crippen LogP contribution in [0.1, 0.15) is 47.6 Å². The Bertz CT molecular complexity index is 1420. The van der Waals surface area contributed by atoms with Crippen molar-refractivity contribution < 1.29 is 4.79 Å². The normalized spacial score (nSPS) is 14.1. The Morgan fingerprint density at radius 2 is 1.94 bits per heavy atom. The van der Waals surface area contributed by atoms with Gasteiger partial charge in [-0.05, 0) is 55.8 Å². The van der Waals surface area contributed by atoms with Crippen molar-refractivity contribution in [3.63, 3.8) is 0 Å². The molecule has 0 saturated heterocycles. The molecule has 33 heavy (non-hydrogen) atoms. The molecule has 8 heteroatoms. The van der Waals surface area contributed by atoms with E-state index in [1.165, 1.54) is 0 Å². The number of hydrogen-bond acceptors (Lipinski definition) is 4. The second-order valence-corrected chi connectivity index (χ2v) is 8.74. The van der Waals surface area contributed by atoms with E-state index in [2.05, 4.69) is 10.4 Å². The molecule has 0 fully saturated rings. The van der Waals surface area contributed by atoms with Gasteiger partial charge in [0.1, 0.15) is 5.56 Å². The van der Waals surface area contributed by atoms with Crippen molar-refractivity contribution in [2.75, 3.05) is 5.73 Å². The number of aryl methyl sites for hydroxylation is 1. The highest BCUT2D eigenvalue weighted by Crippen LogP contribution is 2.27. The minimum atomic E-state index is -0.479. The Labute approximate surface area is 195 Å². The van der Waals surface area contributed by atoms with Crippen molar-refractivity contribution in [2.24, 2.45) is 0 Å². The molecule has 4 aromatic rings. The summed E-state index contributed by atoms with van der Waals surface area (Å²) in [6, 6.07) is 16.1. The van der Waals surface area contributed by atoms with Crippen LogP contribution in [0.15, 0.2) is 59.4 Å². The Hall–Kier alpha value is -3.58. The van der Waals surface area contributed by atoms with Crippen molar-refractivity contribution in [1.29, 1.82) is 0 Å². The maximum Gasteiger partial charge on any atom is 0.264 e. The number of rotatable bonds is 4. The summed E-state index contributed by atoms with van der Waals surface area (Å²) >= 11 is 6.38. The molecule has 1 amide bonds. The van der Waals surface area contributed by atoms with E-state index in [-0.39, 0.29) is 17.3 Å². The first kappa shape index (κ1) is 21.3. The van der Waals surface area contributed by atoms with Crippen LogP contribution in [0.4, 0.5) is 5.82 Å². The van der Waals surface area contributed by atoms with Crippen LogP contribution in [0.2, 0.25) is 5.02 Å². The van der Waals surface area contributed by atoms with Crippen LogP contribution in [0.3, 0.4) is 0 Å². The van der Waals surface area contributed by atoms with E-state index in [9.17, 15) is 9.59 Å². The zero-order valence-electron chi connectivity index (χ0n) is 18.2. The van der Waals surface area contributed by atoms with E-state index in [1.54, 1.807) is 10.6 Å². The van der Waals surface area contributed by atoms with Gasteiger partial charge in [-0.25, -0.2) is 0 Å². The van der Waals surface area contributed by atoms with Gasteiger partial charge in [0, 0.05) is 17.9 Å². The lowest BCUT2D eigenvalue weighted by Crippen LogP contribution is -2.33. The fraction of sp³-hybridized carbons (Fsp3) is 0.240. The topological polar surface area (TPSA) is 94.9 Å². The molecule has 7 nitrogen and oxygen atoms in total. The number of anilines is 1. The van der Waals surface area contributed by atoms with Gasteiger partial charge in [0.15, 0.2) is 5.82 Å². The summed E-state index contributed by atoms with van der Waals surface area (Å²) < 4.78 is 3.44. The molecule has 5 rings (SSSR count). The molecule has 1 atom stereocenters. The van der Waals surface area contributed by atoms with Crippen LogP contribution in [-0.2, 0) is 13.0 Å². The van der Waals surface area contributed by atoms with Gasteiger partial charge >= 0.3 is 0 Å². The van der Waals surface area contributed by atoms with Gasteiger partial charge in [-0.1, -0.05) is 41.9 Å². The van der Waals surface area contributed by atoms with Gasteiger partial charge in [-0.15, -0.1) is 0 Å². The number of nitrogens with one attached hydrogen (secondary N) is 1. The number of halogens is 1. The molecule has 3 N–H and O–H groups in total. The highest BCUT2D eigenvalue weighted by atomic mass is 35.5. The van der Waals surface area contributed by atoms with E-state index in [1.807, 2.05) is 60.1 Å². The maximum absolute atomic E-state index is 13.6. The average Bonchev–Trinajstić information content (AvgIpc) is 3.15. The van der Waals surface area contributed by atoms with Gasteiger partial charge in [0.05, 0.1) is 22.1 Å². The third kappa shape index (κ3) is 3.68. The molecule has 0 aliphatic carbocycles. The average molecular weight is 462 g/mol. The minimum absolute atomic E-state index is 0.233. The van der Waals surface area contributed by atoms with Crippen molar-refractivity contribution in [3.8, 4) is 5.69 Å². The molecule has 168 valence electrons. The van der Waals surface area contributed by atoms with Gasteiger partial charge < -0.3 is 11.1 Å². The fourth-order valence-electron chi connectivity index (χ4n) is 4.60. The van der Waals surface area contributed by atoms with Crippen molar-refractivity contribution in [2.45, 2.75) is 38.8 Å². The van der Waals surface area contributed by atoms with Crippen LogP contribution in [-0.4, -0.2) is 20.3 Å². The van der Waals surface area contributed by atoms with Gasteiger partial charge in [-0.2, -0.15) is 5.10 Å². The standard InChI is InChI=1S/C25H24ClN5O2/c1-15(28-24(32)22-19-12-5-6-13-30(19)29-23(22)27)20-14-16-8-7-11-18(26)21(16)25(33)31(20)17-9-3-2-4-10-17/h2-4,7-11,14-15H,5-6,12-13H2,1H3,(H2,27,29)(H,28,32)/t15-/m0/s1. The predicted octanol–water partition coefficient (Wildman–Crippen LogP) is 4.25. The summed E-state index contributed by atoms with van der Waals surface area (Å²) in [7, 11) is 0. The smallest absolute Gasteiger partial charge is 0.264 e. The summed E-state index contributed by atoms with van der Waals surface area (Å²) in [5.41, 5.74) is 8.52. The Morgan fingerprint density at radius 1 is 1.15 bits per heavy atom. The first-order chi connectivity index (χ1) is 16.0. The third-order valence-corrected chi connectivity index (χ3v) is 6.49. The molecule has 1 aliphatic rings. The van der Waals surface area contributed by atoms with Gasteiger partial charge in [-0.3, -0.25) is 18.8 Å². The first-order valence-corrected chi connectivity index (χ1v) is 11.4. The summed E-state index contributed by atoms with van der Waals surface area (Å²) in [6.45, 7) is 2.62. The Morgan fingerprint density at radius 3 is 2.73 bits per heavy atom. The molecular formula is C25H24ClN5O2. The second-order valence-electron chi connectivity index (χ2n) is 8.33. The number of nitrogen functional groups attached to an aromatic ring is 1. The number of hydrogen-bond donors (Lipinski definition) is 2. The number of amides is 1. The number of nitrogens with two attached hydrogens (primary N) is 1. The van der Waals surface area contributed by atoms with Crippen LogP contribution in [0, 0.1) is 0 Å². The molecule has 3 heterocycles. The van der Waals surface area contributed by atoms with E-state index >= 15 is 0 Å². The second kappa shape index (κ2) is 8.41. The van der Waals surface area contributed by atoms with Gasteiger partial charge in [0.2, 0.25) is 0 Å². The number of carbonyl (C=O) groups excluding carboxylic acids is 1. The Balaban J connectivity index is 1.60. The zero-order chi connectivity index (χ0) is 23.1. The first-order valence-electron chi connectivity index (χ1n) is 11.0. The zero-order valence-corrected chi connectivity index (χ0v) is 19.0. The van der Waals surface area contributed by atoms with Crippen LogP contribution < -0.4 is 16.6 Å². The number of fused-ring (bicyclic) bond motifs is 2. The number of para-hydroxylation sites is 1. The van der Waals surface area contributed by atoms with Crippen molar-refractivity contribution in [3.05, 3.63) is 86.9 Å². The predicted molar refractivity (Wildman–Crippen MR) is 130 cm³/mol. The lowest BCUT2D eigenvalue weighted by molar-refractivity contribution is 0.0938. The van der Waals surface area contributed by atoms with Crippen LogP contribution in [0.25, 0.3) is 16.5 Å². The molecule has 0 unspecified atom stereocenters. The Kier molecular flexibility index (Phi) is 5.42. The van der Waals surface area contributed by atoms with Crippen LogP contribution >= 0.6 is 11.6 Å². The molecule has 0 bridgehead atoms. The fourth-order valence-corrected chi connectivity index (χ4v) is 4.86. The highest BCUT2D eigenvalue weighted by Gasteiger charge is 2.26. The van der Waals surface area contributed by atoms with E-state index in [0.29, 0.717) is 27.4 Å². The maximum atomic E-state index is 13.6. The SMILES string of the molecule is C[C@H](NC(=O)c1c(N)nn2c1CCCC2)c1cc2cccc(Cl)c2c(=O)n1-c1ccccc1. The lowest BCUT2D eigenvalue weighted by atomic mass is 10.0. The highest BCUT2D eigenvalue weighted by molar-refractivity contribution is 6.35. The number of carbonyl (C=O) groups is 1. The number of nitrogens with zero attached hydrogens (tertiary/aromatic N) is 3. The largest absolute Gasteiger partial charge is 0.382 e. The number of aromatic nitrogens is 3. The van der Waals surface area contributed by atoms with Crippen LogP contribution in [0.5, 0.6) is 0 Å². The quantitative estimate of drug-likeness (QED) is 0.475. The molecule has 2 aromatic heterocycles. The summed E-state index contributed by atoms with van der Waals surface area (Å²) in [6.07, 6.45) is 2.79. The number of benzene rings is 2. The molecule has 2 aromatic carbocycles. The summed E-state index contributed by atoms with van der Waals surface area (Å²) in [4.78, 5) is 26.8.